The average Bonchev–Trinajstić information content (AvgIpc) is 2.84. The van der Waals surface area contributed by atoms with Crippen LogP contribution < -0.4 is 10.1 Å². The fourth-order valence-electron chi connectivity index (χ4n) is 1.84. The van der Waals surface area contributed by atoms with Crippen molar-refractivity contribution in [2.24, 2.45) is 0 Å². The van der Waals surface area contributed by atoms with Gasteiger partial charge in [-0.05, 0) is 44.5 Å². The Labute approximate surface area is 120 Å². The molecule has 1 aromatic carbocycles. The van der Waals surface area contributed by atoms with E-state index in [4.69, 9.17) is 4.74 Å². The molecule has 0 spiro atoms. The maximum atomic E-state index is 5.56. The van der Waals surface area contributed by atoms with Crippen molar-refractivity contribution in [3.8, 4) is 5.75 Å². The van der Waals surface area contributed by atoms with E-state index in [-0.39, 0.29) is 0 Å². The monoisotopic (exact) mass is 274 g/mol. The van der Waals surface area contributed by atoms with Crippen molar-refractivity contribution >= 4 is 5.69 Å². The van der Waals surface area contributed by atoms with Gasteiger partial charge in [0.1, 0.15) is 11.4 Å². The van der Waals surface area contributed by atoms with Gasteiger partial charge in [0, 0.05) is 5.69 Å². The second kappa shape index (κ2) is 6.93. The predicted octanol–water partition coefficient (Wildman–Crippen LogP) is 3.01. The molecule has 0 aliphatic rings. The van der Waals surface area contributed by atoms with Crippen molar-refractivity contribution < 1.29 is 4.74 Å². The first-order valence-electron chi connectivity index (χ1n) is 7.10. The summed E-state index contributed by atoms with van der Waals surface area (Å²) < 4.78 is 5.56. The van der Waals surface area contributed by atoms with Gasteiger partial charge < -0.3 is 10.1 Å². The molecular weight excluding hydrogens is 252 g/mol. The molecule has 0 saturated carbocycles. The normalized spacial score (nSPS) is 10.6. The van der Waals surface area contributed by atoms with Crippen molar-refractivity contribution in [1.82, 2.24) is 15.0 Å². The number of ether oxygens (including phenoxy) is 1. The Bertz CT molecular complexity index is 533. The van der Waals surface area contributed by atoms with E-state index in [9.17, 15) is 0 Å². The SMILES string of the molecule is CCCOc1ccc(NCc2nn(CC)nc2C)cc1. The maximum absolute atomic E-state index is 5.56. The van der Waals surface area contributed by atoms with Crippen molar-refractivity contribution in [3.05, 3.63) is 35.7 Å². The lowest BCUT2D eigenvalue weighted by Crippen LogP contribution is -2.03. The van der Waals surface area contributed by atoms with Gasteiger partial charge in [-0.25, -0.2) is 0 Å². The highest BCUT2D eigenvalue weighted by atomic mass is 16.5. The lowest BCUT2D eigenvalue weighted by molar-refractivity contribution is 0.317. The number of hydrogen-bond donors (Lipinski definition) is 1. The molecule has 1 aromatic heterocycles. The summed E-state index contributed by atoms with van der Waals surface area (Å²) in [6.07, 6.45) is 1.02. The molecule has 2 aromatic rings. The number of nitrogens with one attached hydrogen (secondary N) is 1. The van der Waals surface area contributed by atoms with Crippen LogP contribution in [0.3, 0.4) is 0 Å². The van der Waals surface area contributed by atoms with Gasteiger partial charge in [-0.1, -0.05) is 6.92 Å². The molecule has 0 radical (unpaired) electrons. The largest absolute Gasteiger partial charge is 0.494 e. The summed E-state index contributed by atoms with van der Waals surface area (Å²) in [5.41, 5.74) is 3.01. The zero-order valence-electron chi connectivity index (χ0n) is 12.4. The molecule has 0 bridgehead atoms. The molecule has 2 rings (SSSR count). The van der Waals surface area contributed by atoms with E-state index in [0.29, 0.717) is 6.54 Å². The quantitative estimate of drug-likeness (QED) is 0.843. The summed E-state index contributed by atoms with van der Waals surface area (Å²) in [7, 11) is 0. The van der Waals surface area contributed by atoms with E-state index in [0.717, 1.165) is 42.4 Å². The van der Waals surface area contributed by atoms with E-state index in [1.54, 1.807) is 4.80 Å². The van der Waals surface area contributed by atoms with Crippen LogP contribution >= 0.6 is 0 Å². The topological polar surface area (TPSA) is 52.0 Å². The minimum atomic E-state index is 0.682. The third-order valence-electron chi connectivity index (χ3n) is 2.99. The average molecular weight is 274 g/mol. The van der Waals surface area contributed by atoms with Crippen molar-refractivity contribution in [1.29, 1.82) is 0 Å². The molecule has 0 fully saturated rings. The zero-order chi connectivity index (χ0) is 14.4. The Hall–Kier alpha value is -2.04. The second-order valence-electron chi connectivity index (χ2n) is 4.65. The first-order valence-corrected chi connectivity index (χ1v) is 7.10. The number of hydrogen-bond acceptors (Lipinski definition) is 4. The Morgan fingerprint density at radius 3 is 2.50 bits per heavy atom. The number of anilines is 1. The summed E-state index contributed by atoms with van der Waals surface area (Å²) in [6, 6.07) is 8.00. The van der Waals surface area contributed by atoms with E-state index in [2.05, 4.69) is 22.4 Å². The third-order valence-corrected chi connectivity index (χ3v) is 2.99. The van der Waals surface area contributed by atoms with Gasteiger partial charge >= 0.3 is 0 Å². The number of nitrogens with zero attached hydrogens (tertiary/aromatic N) is 3. The van der Waals surface area contributed by atoms with E-state index < -0.39 is 0 Å². The maximum Gasteiger partial charge on any atom is 0.119 e. The number of aromatic nitrogens is 3. The molecule has 0 aliphatic heterocycles. The summed E-state index contributed by atoms with van der Waals surface area (Å²) >= 11 is 0. The van der Waals surface area contributed by atoms with Gasteiger partial charge in [0.25, 0.3) is 0 Å². The molecule has 108 valence electrons. The van der Waals surface area contributed by atoms with Crippen molar-refractivity contribution in [2.45, 2.75) is 40.3 Å². The van der Waals surface area contributed by atoms with Crippen LogP contribution in [0.5, 0.6) is 5.75 Å². The van der Waals surface area contributed by atoms with Crippen LogP contribution in [0.25, 0.3) is 0 Å². The van der Waals surface area contributed by atoms with Crippen LogP contribution in [0.4, 0.5) is 5.69 Å². The van der Waals surface area contributed by atoms with Gasteiger partial charge in [-0.2, -0.15) is 15.0 Å². The van der Waals surface area contributed by atoms with Crippen LogP contribution in [0, 0.1) is 6.92 Å². The highest BCUT2D eigenvalue weighted by molar-refractivity contribution is 5.46. The molecule has 0 unspecified atom stereocenters. The molecule has 5 nitrogen and oxygen atoms in total. The van der Waals surface area contributed by atoms with Crippen LogP contribution in [0.15, 0.2) is 24.3 Å². The van der Waals surface area contributed by atoms with Gasteiger partial charge in [0.2, 0.25) is 0 Å². The molecule has 1 heterocycles. The molecule has 0 aliphatic carbocycles. The molecule has 1 N–H and O–H groups in total. The van der Waals surface area contributed by atoms with Gasteiger partial charge in [-0.15, -0.1) is 0 Å². The second-order valence-corrected chi connectivity index (χ2v) is 4.65. The Morgan fingerprint density at radius 2 is 1.90 bits per heavy atom. The number of rotatable bonds is 7. The summed E-state index contributed by atoms with van der Waals surface area (Å²) in [5, 5.41) is 12.1. The smallest absolute Gasteiger partial charge is 0.119 e. The fraction of sp³-hybridized carbons (Fsp3) is 0.467. The van der Waals surface area contributed by atoms with Gasteiger partial charge in [-0.3, -0.25) is 0 Å². The standard InChI is InChI=1S/C15H22N4O/c1-4-10-20-14-8-6-13(7-9-14)16-11-15-12(3)17-19(5-2)18-15/h6-9,16H,4-5,10-11H2,1-3H3. The van der Waals surface area contributed by atoms with E-state index in [1.165, 1.54) is 0 Å². The van der Waals surface area contributed by atoms with Crippen LogP contribution in [-0.2, 0) is 13.1 Å². The lowest BCUT2D eigenvalue weighted by atomic mass is 10.3. The highest BCUT2D eigenvalue weighted by Gasteiger charge is 2.05. The minimum Gasteiger partial charge on any atom is -0.494 e. The molecule has 20 heavy (non-hydrogen) atoms. The highest BCUT2D eigenvalue weighted by Crippen LogP contribution is 2.16. The number of aryl methyl sites for hydroxylation is 2. The van der Waals surface area contributed by atoms with E-state index in [1.807, 2.05) is 38.1 Å². The molecule has 5 heteroatoms. The Kier molecular flexibility index (Phi) is 4.98. The van der Waals surface area contributed by atoms with Gasteiger partial charge in [0.05, 0.1) is 25.4 Å². The lowest BCUT2D eigenvalue weighted by Gasteiger charge is -2.07. The van der Waals surface area contributed by atoms with Gasteiger partial charge in [0.15, 0.2) is 0 Å². The summed E-state index contributed by atoms with van der Waals surface area (Å²) in [6.45, 7) is 8.35. The number of benzene rings is 1. The summed E-state index contributed by atoms with van der Waals surface area (Å²) in [5.74, 6) is 0.908. The van der Waals surface area contributed by atoms with Crippen LogP contribution in [-0.4, -0.2) is 21.6 Å². The first kappa shape index (κ1) is 14.4. The minimum absolute atomic E-state index is 0.682. The molecular formula is C15H22N4O. The fourth-order valence-corrected chi connectivity index (χ4v) is 1.84. The third kappa shape index (κ3) is 3.73. The van der Waals surface area contributed by atoms with Crippen LogP contribution in [0.1, 0.15) is 31.7 Å². The van der Waals surface area contributed by atoms with E-state index >= 15 is 0 Å². The first-order chi connectivity index (χ1) is 9.72. The Morgan fingerprint density at radius 1 is 1.15 bits per heavy atom. The molecule has 0 atom stereocenters. The summed E-state index contributed by atoms with van der Waals surface area (Å²) in [4.78, 5) is 1.72. The molecule has 0 saturated heterocycles. The predicted molar refractivity (Wildman–Crippen MR) is 80.0 cm³/mol. The van der Waals surface area contributed by atoms with Crippen LogP contribution in [0.2, 0.25) is 0 Å². The molecule has 0 amide bonds. The van der Waals surface area contributed by atoms with Crippen molar-refractivity contribution in [2.75, 3.05) is 11.9 Å². The zero-order valence-corrected chi connectivity index (χ0v) is 12.4. The Balaban J connectivity index is 1.91. The van der Waals surface area contributed by atoms with Crippen molar-refractivity contribution in [3.63, 3.8) is 0 Å².